The molecule has 2 aromatic carbocycles. The van der Waals surface area contributed by atoms with E-state index >= 15 is 0 Å². The van der Waals surface area contributed by atoms with Gasteiger partial charge in [0.2, 0.25) is 0 Å². The minimum atomic E-state index is 0.374. The predicted octanol–water partition coefficient (Wildman–Crippen LogP) is 7.92. The monoisotopic (exact) mass is 477 g/mol. The van der Waals surface area contributed by atoms with E-state index in [1.807, 2.05) is 30.3 Å². The summed E-state index contributed by atoms with van der Waals surface area (Å²) in [4.78, 5) is 0. The van der Waals surface area contributed by atoms with E-state index in [0.717, 1.165) is 28.9 Å². The maximum absolute atomic E-state index is 6.54. The number of hydrogen-bond donors (Lipinski definition) is 1. The van der Waals surface area contributed by atoms with E-state index in [-0.39, 0.29) is 0 Å². The van der Waals surface area contributed by atoms with Gasteiger partial charge < -0.3 is 10.1 Å². The van der Waals surface area contributed by atoms with Crippen LogP contribution in [0.3, 0.4) is 0 Å². The zero-order valence-corrected chi connectivity index (χ0v) is 20.2. The second-order valence-corrected chi connectivity index (χ2v) is 11.4. The van der Waals surface area contributed by atoms with E-state index in [2.05, 4.69) is 12.2 Å². The molecule has 0 radical (unpaired) electrons. The average molecular weight is 479 g/mol. The highest BCUT2D eigenvalue weighted by molar-refractivity contribution is 6.35. The minimum Gasteiger partial charge on any atom is -0.487 e. The topological polar surface area (TPSA) is 21.3 Å². The molecule has 0 unspecified atom stereocenters. The van der Waals surface area contributed by atoms with Gasteiger partial charge in [-0.15, -0.1) is 0 Å². The Bertz CT molecular complexity index is 924. The molecule has 0 heterocycles. The lowest BCUT2D eigenvalue weighted by atomic mass is 9.48. The summed E-state index contributed by atoms with van der Waals surface area (Å²) in [5.41, 5.74) is 2.40. The van der Waals surface area contributed by atoms with Crippen LogP contribution in [0.1, 0.15) is 56.6 Å². The molecule has 1 atom stereocenters. The van der Waals surface area contributed by atoms with Gasteiger partial charge in [-0.05, 0) is 86.8 Å². The fourth-order valence-corrected chi connectivity index (χ4v) is 7.64. The molecule has 0 aromatic heterocycles. The van der Waals surface area contributed by atoms with Crippen molar-refractivity contribution in [3.8, 4) is 5.75 Å². The minimum absolute atomic E-state index is 0.374. The van der Waals surface area contributed by atoms with E-state index in [4.69, 9.17) is 39.5 Å². The molecule has 2 aromatic rings. The molecule has 4 aliphatic carbocycles. The second kappa shape index (κ2) is 8.78. The molecule has 5 heteroatoms. The van der Waals surface area contributed by atoms with Crippen molar-refractivity contribution < 1.29 is 4.74 Å². The van der Waals surface area contributed by atoms with Gasteiger partial charge in [-0.3, -0.25) is 0 Å². The molecule has 4 saturated carbocycles. The van der Waals surface area contributed by atoms with Crippen LogP contribution in [0.25, 0.3) is 0 Å². The highest BCUT2D eigenvalue weighted by Crippen LogP contribution is 2.61. The first-order valence-electron chi connectivity index (χ1n) is 11.5. The van der Waals surface area contributed by atoms with Gasteiger partial charge in [0.25, 0.3) is 0 Å². The van der Waals surface area contributed by atoms with Crippen molar-refractivity contribution >= 4 is 34.8 Å². The van der Waals surface area contributed by atoms with E-state index < -0.39 is 0 Å². The Morgan fingerprint density at radius 3 is 2.23 bits per heavy atom. The quantitative estimate of drug-likeness (QED) is 0.436. The average Bonchev–Trinajstić information content (AvgIpc) is 2.71. The summed E-state index contributed by atoms with van der Waals surface area (Å²) in [7, 11) is 0. The lowest BCUT2D eigenvalue weighted by Crippen LogP contribution is -2.54. The fourth-order valence-electron chi connectivity index (χ4n) is 6.86. The summed E-state index contributed by atoms with van der Waals surface area (Å²) < 4.78 is 6.16. The van der Waals surface area contributed by atoms with Gasteiger partial charge >= 0.3 is 0 Å². The van der Waals surface area contributed by atoms with E-state index in [1.54, 1.807) is 6.07 Å². The molecule has 0 spiro atoms. The lowest BCUT2D eigenvalue weighted by molar-refractivity contribution is -0.0706. The van der Waals surface area contributed by atoms with Crippen molar-refractivity contribution in [3.63, 3.8) is 0 Å². The highest BCUT2D eigenvalue weighted by Gasteiger charge is 2.52. The van der Waals surface area contributed by atoms with Crippen LogP contribution >= 0.6 is 34.8 Å². The van der Waals surface area contributed by atoms with Crippen LogP contribution in [0.15, 0.2) is 36.4 Å². The smallest absolute Gasteiger partial charge is 0.142 e. The Morgan fingerprint density at radius 2 is 1.58 bits per heavy atom. The van der Waals surface area contributed by atoms with Crippen LogP contribution in [0.4, 0.5) is 0 Å². The third kappa shape index (κ3) is 4.47. The van der Waals surface area contributed by atoms with Crippen molar-refractivity contribution in [1.82, 2.24) is 5.32 Å². The van der Waals surface area contributed by atoms with Crippen molar-refractivity contribution in [2.45, 2.75) is 64.6 Å². The third-order valence-electron chi connectivity index (χ3n) is 8.02. The lowest BCUT2D eigenvalue weighted by Gasteiger charge is -2.59. The molecule has 0 amide bonds. The second-order valence-electron chi connectivity index (χ2n) is 10.1. The van der Waals surface area contributed by atoms with Gasteiger partial charge in [0.15, 0.2) is 0 Å². The fraction of sp³-hybridized carbons (Fsp3) is 0.538. The van der Waals surface area contributed by atoms with Crippen LogP contribution in [-0.4, -0.2) is 6.04 Å². The number of benzene rings is 2. The van der Waals surface area contributed by atoms with E-state index in [1.165, 1.54) is 38.5 Å². The van der Waals surface area contributed by atoms with Gasteiger partial charge in [0.1, 0.15) is 12.4 Å². The standard InChI is InChI=1S/C26H30Cl3NO/c1-16(26-11-17-6-18(12-26)8-19(7-17)13-26)30-14-21-9-22(27)10-24(29)25(21)31-15-20-4-2-3-5-23(20)28/h2-5,9-10,16-19,30H,6-8,11-15H2,1H3/t16-,17?,18?,19?,26?/m1/s1. The van der Waals surface area contributed by atoms with Gasteiger partial charge in [-0.1, -0.05) is 53.0 Å². The Kier molecular flexibility index (Phi) is 6.20. The van der Waals surface area contributed by atoms with Crippen LogP contribution < -0.4 is 10.1 Å². The first-order chi connectivity index (χ1) is 14.9. The molecule has 6 rings (SSSR count). The number of halogens is 3. The van der Waals surface area contributed by atoms with Gasteiger partial charge in [0.05, 0.1) is 5.02 Å². The van der Waals surface area contributed by atoms with Crippen molar-refractivity contribution in [3.05, 3.63) is 62.6 Å². The molecule has 1 N–H and O–H groups in total. The largest absolute Gasteiger partial charge is 0.487 e. The molecule has 4 aliphatic rings. The summed E-state index contributed by atoms with van der Waals surface area (Å²) in [5.74, 6) is 3.54. The Morgan fingerprint density at radius 1 is 0.935 bits per heavy atom. The zero-order chi connectivity index (χ0) is 21.6. The van der Waals surface area contributed by atoms with Crippen molar-refractivity contribution in [2.75, 3.05) is 0 Å². The SMILES string of the molecule is C[C@@H](NCc1cc(Cl)cc(Cl)c1OCc1ccccc1Cl)C12CC3CC(CC(C3)C1)C2. The maximum Gasteiger partial charge on any atom is 0.142 e. The first-order valence-corrected chi connectivity index (χ1v) is 12.6. The number of nitrogens with one attached hydrogen (secondary N) is 1. The first kappa shape index (κ1) is 21.9. The molecule has 2 nitrogen and oxygen atoms in total. The zero-order valence-electron chi connectivity index (χ0n) is 18.0. The Balaban J connectivity index is 1.30. The normalized spacial score (nSPS) is 29.9. The highest BCUT2D eigenvalue weighted by atomic mass is 35.5. The van der Waals surface area contributed by atoms with Crippen molar-refractivity contribution in [1.29, 1.82) is 0 Å². The number of ether oxygens (including phenoxy) is 1. The number of rotatable bonds is 7. The van der Waals surface area contributed by atoms with Crippen molar-refractivity contribution in [2.24, 2.45) is 23.2 Å². The third-order valence-corrected chi connectivity index (χ3v) is 8.89. The van der Waals surface area contributed by atoms with Crippen LogP contribution in [0.2, 0.25) is 15.1 Å². The van der Waals surface area contributed by atoms with E-state index in [0.29, 0.717) is 45.4 Å². The number of hydrogen-bond acceptors (Lipinski definition) is 2. The van der Waals surface area contributed by atoms with Gasteiger partial charge in [-0.2, -0.15) is 0 Å². The maximum atomic E-state index is 6.54. The molecule has 0 saturated heterocycles. The summed E-state index contributed by atoms with van der Waals surface area (Å²) in [6.45, 7) is 3.45. The van der Waals surface area contributed by atoms with E-state index in [9.17, 15) is 0 Å². The van der Waals surface area contributed by atoms with Gasteiger partial charge in [0, 0.05) is 33.8 Å². The molecule has 166 valence electrons. The molecule has 0 aliphatic heterocycles. The Labute approximate surface area is 200 Å². The van der Waals surface area contributed by atoms with Crippen LogP contribution in [-0.2, 0) is 13.2 Å². The van der Waals surface area contributed by atoms with Crippen LogP contribution in [0.5, 0.6) is 5.75 Å². The predicted molar refractivity (Wildman–Crippen MR) is 129 cm³/mol. The summed E-state index contributed by atoms with van der Waals surface area (Å²) in [5, 5.41) is 5.71. The summed E-state index contributed by atoms with van der Waals surface area (Å²) in [6.07, 6.45) is 8.57. The molecule has 4 bridgehead atoms. The van der Waals surface area contributed by atoms with Gasteiger partial charge in [-0.25, -0.2) is 0 Å². The Hall–Kier alpha value is -0.930. The van der Waals surface area contributed by atoms with Crippen LogP contribution in [0, 0.1) is 23.2 Å². The molecular weight excluding hydrogens is 449 g/mol. The molecule has 31 heavy (non-hydrogen) atoms. The summed E-state index contributed by atoms with van der Waals surface area (Å²) in [6, 6.07) is 11.9. The summed E-state index contributed by atoms with van der Waals surface area (Å²) >= 11 is 19.2. The molecule has 4 fully saturated rings. The molecular formula is C26H30Cl3NO.